The Morgan fingerprint density at radius 2 is 1.71 bits per heavy atom. The fourth-order valence-corrected chi connectivity index (χ4v) is 2.36. The van der Waals surface area contributed by atoms with Gasteiger partial charge in [-0.05, 0) is 11.6 Å². The summed E-state index contributed by atoms with van der Waals surface area (Å²) in [7, 11) is 0. The quantitative estimate of drug-likeness (QED) is 0.898. The average molecular weight is 342 g/mol. The van der Waals surface area contributed by atoms with E-state index in [9.17, 15) is 13.2 Å². The van der Waals surface area contributed by atoms with Crippen molar-refractivity contribution in [1.29, 1.82) is 5.26 Å². The Hall–Kier alpha value is -1.00. The van der Waals surface area contributed by atoms with Crippen LogP contribution in [0.3, 0.4) is 0 Å². The number of rotatable bonds is 2. The van der Waals surface area contributed by atoms with E-state index in [1.807, 2.05) is 6.07 Å². The first-order chi connectivity index (χ1) is 9.04. The van der Waals surface area contributed by atoms with Gasteiger partial charge in [-0.3, -0.25) is 4.90 Å². The molecule has 1 aliphatic rings. The Morgan fingerprint density at radius 1 is 1.14 bits per heavy atom. The second kappa shape index (κ2) is 8.44. The van der Waals surface area contributed by atoms with Gasteiger partial charge in [0.05, 0.1) is 11.6 Å². The molecule has 1 aromatic carbocycles. The van der Waals surface area contributed by atoms with Gasteiger partial charge in [-0.2, -0.15) is 18.4 Å². The fraction of sp³-hybridized carbons (Fsp3) is 0.462. The van der Waals surface area contributed by atoms with Crippen molar-refractivity contribution in [3.05, 3.63) is 35.4 Å². The maximum atomic E-state index is 13.3. The molecule has 2 rings (SSSR count). The third-order valence-corrected chi connectivity index (χ3v) is 3.20. The summed E-state index contributed by atoms with van der Waals surface area (Å²) >= 11 is 0. The zero-order valence-corrected chi connectivity index (χ0v) is 12.7. The molecule has 1 heterocycles. The summed E-state index contributed by atoms with van der Waals surface area (Å²) in [4.78, 5) is 1.38. The summed E-state index contributed by atoms with van der Waals surface area (Å²) < 4.78 is 40.0. The zero-order valence-electron chi connectivity index (χ0n) is 11.1. The van der Waals surface area contributed by atoms with E-state index in [4.69, 9.17) is 5.26 Å². The highest BCUT2D eigenvalue weighted by molar-refractivity contribution is 5.85. The van der Waals surface area contributed by atoms with Crippen molar-refractivity contribution in [2.75, 3.05) is 26.2 Å². The number of nitrogens with one attached hydrogen (secondary N) is 1. The predicted octanol–water partition coefficient (Wildman–Crippen LogP) is 2.91. The van der Waals surface area contributed by atoms with E-state index >= 15 is 0 Å². The van der Waals surface area contributed by atoms with Crippen LogP contribution in [0, 0.1) is 11.3 Å². The van der Waals surface area contributed by atoms with Gasteiger partial charge in [0.1, 0.15) is 6.04 Å². The van der Waals surface area contributed by atoms with Gasteiger partial charge in [-0.15, -0.1) is 24.8 Å². The highest BCUT2D eigenvalue weighted by atomic mass is 35.5. The van der Waals surface area contributed by atoms with Crippen molar-refractivity contribution in [3.8, 4) is 6.07 Å². The number of hydrogen-bond acceptors (Lipinski definition) is 3. The van der Waals surface area contributed by atoms with Gasteiger partial charge in [0.25, 0.3) is 0 Å². The van der Waals surface area contributed by atoms with Crippen molar-refractivity contribution < 1.29 is 13.2 Å². The number of piperazine rings is 1. The number of hydrogen-bond donors (Lipinski definition) is 1. The summed E-state index contributed by atoms with van der Waals surface area (Å²) in [6.45, 7) is 1.70. The Kier molecular flexibility index (Phi) is 8.04. The van der Waals surface area contributed by atoms with Crippen LogP contribution in [-0.4, -0.2) is 37.3 Å². The SMILES string of the molecule is Cl.Cl.N#Cc1ccccc1[C@@H](N1CCNCC1)C(F)(F)F. The summed E-state index contributed by atoms with van der Waals surface area (Å²) in [5.41, 5.74) is 0.128. The topological polar surface area (TPSA) is 39.1 Å². The van der Waals surface area contributed by atoms with Crippen LogP contribution in [0.5, 0.6) is 0 Å². The third-order valence-electron chi connectivity index (χ3n) is 3.20. The van der Waals surface area contributed by atoms with Gasteiger partial charge >= 0.3 is 6.18 Å². The first kappa shape index (κ1) is 20.0. The minimum absolute atomic E-state index is 0. The summed E-state index contributed by atoms with van der Waals surface area (Å²) in [6.07, 6.45) is -4.38. The monoisotopic (exact) mass is 341 g/mol. The number of nitrogens with zero attached hydrogens (tertiary/aromatic N) is 2. The van der Waals surface area contributed by atoms with Crippen LogP contribution in [0.4, 0.5) is 13.2 Å². The molecule has 21 heavy (non-hydrogen) atoms. The lowest BCUT2D eigenvalue weighted by atomic mass is 9.98. The lowest BCUT2D eigenvalue weighted by Gasteiger charge is -2.36. The third kappa shape index (κ3) is 4.75. The van der Waals surface area contributed by atoms with Crippen molar-refractivity contribution in [1.82, 2.24) is 10.2 Å². The van der Waals surface area contributed by atoms with Gasteiger partial charge in [-0.1, -0.05) is 18.2 Å². The van der Waals surface area contributed by atoms with Crippen LogP contribution in [0.15, 0.2) is 24.3 Å². The summed E-state index contributed by atoms with van der Waals surface area (Å²) in [5.74, 6) is 0. The Balaban J connectivity index is 0.00000200. The average Bonchev–Trinajstić information content (AvgIpc) is 2.39. The van der Waals surface area contributed by atoms with E-state index < -0.39 is 12.2 Å². The summed E-state index contributed by atoms with van der Waals surface area (Å²) in [5, 5.41) is 12.0. The molecule has 1 atom stereocenters. The normalized spacial score (nSPS) is 17.0. The Bertz CT molecular complexity index is 482. The molecule has 8 heteroatoms. The standard InChI is InChI=1S/C13H14F3N3.2ClH/c14-13(15,16)12(19-7-5-18-6-8-19)11-4-2-1-3-10(11)9-17;;/h1-4,12,18H,5-8H2;2*1H/t12-;;/m1../s1. The van der Waals surface area contributed by atoms with Crippen molar-refractivity contribution in [3.63, 3.8) is 0 Å². The van der Waals surface area contributed by atoms with E-state index in [-0.39, 0.29) is 35.9 Å². The minimum atomic E-state index is -4.38. The molecule has 0 saturated carbocycles. The molecule has 0 aliphatic carbocycles. The van der Waals surface area contributed by atoms with E-state index in [0.717, 1.165) is 0 Å². The molecule has 1 aliphatic heterocycles. The largest absolute Gasteiger partial charge is 0.408 e. The maximum absolute atomic E-state index is 13.3. The first-order valence-corrected chi connectivity index (χ1v) is 6.04. The van der Waals surface area contributed by atoms with Gasteiger partial charge < -0.3 is 5.32 Å². The molecule has 0 amide bonds. The lowest BCUT2D eigenvalue weighted by molar-refractivity contribution is -0.187. The molecule has 3 nitrogen and oxygen atoms in total. The van der Waals surface area contributed by atoms with E-state index in [2.05, 4.69) is 5.32 Å². The predicted molar refractivity (Wildman–Crippen MR) is 78.9 cm³/mol. The molecule has 0 unspecified atom stereocenters. The number of benzene rings is 1. The molecule has 1 N–H and O–H groups in total. The van der Waals surface area contributed by atoms with Crippen LogP contribution in [-0.2, 0) is 0 Å². The fourth-order valence-electron chi connectivity index (χ4n) is 2.36. The lowest BCUT2D eigenvalue weighted by Crippen LogP contribution is -2.49. The molecular weight excluding hydrogens is 326 g/mol. The van der Waals surface area contributed by atoms with Crippen LogP contribution in [0.1, 0.15) is 17.2 Å². The minimum Gasteiger partial charge on any atom is -0.314 e. The molecule has 0 bridgehead atoms. The van der Waals surface area contributed by atoms with E-state index in [1.165, 1.54) is 23.1 Å². The van der Waals surface area contributed by atoms with Gasteiger partial charge in [-0.25, -0.2) is 0 Å². The second-order valence-electron chi connectivity index (χ2n) is 4.43. The van der Waals surface area contributed by atoms with Gasteiger partial charge in [0, 0.05) is 26.2 Å². The van der Waals surface area contributed by atoms with Crippen LogP contribution in [0.25, 0.3) is 0 Å². The number of halogens is 5. The molecule has 0 spiro atoms. The van der Waals surface area contributed by atoms with Gasteiger partial charge in [0.15, 0.2) is 0 Å². The molecule has 0 aromatic heterocycles. The van der Waals surface area contributed by atoms with Crippen LogP contribution in [0.2, 0.25) is 0 Å². The molecule has 1 fully saturated rings. The smallest absolute Gasteiger partial charge is 0.314 e. The van der Waals surface area contributed by atoms with Crippen molar-refractivity contribution in [2.45, 2.75) is 12.2 Å². The molecule has 118 valence electrons. The molecule has 1 saturated heterocycles. The maximum Gasteiger partial charge on any atom is 0.408 e. The van der Waals surface area contributed by atoms with Crippen molar-refractivity contribution in [2.24, 2.45) is 0 Å². The number of nitriles is 1. The molecule has 0 radical (unpaired) electrons. The molecule has 1 aromatic rings. The van der Waals surface area contributed by atoms with E-state index in [1.54, 1.807) is 6.07 Å². The Morgan fingerprint density at radius 3 is 2.24 bits per heavy atom. The Labute approximate surface area is 133 Å². The summed E-state index contributed by atoms with van der Waals surface area (Å²) in [6, 6.07) is 6.07. The van der Waals surface area contributed by atoms with Crippen LogP contribution < -0.4 is 5.32 Å². The number of alkyl halides is 3. The molecular formula is C13H16Cl2F3N3. The van der Waals surface area contributed by atoms with Crippen LogP contribution >= 0.6 is 24.8 Å². The highest BCUT2D eigenvalue weighted by Gasteiger charge is 2.45. The highest BCUT2D eigenvalue weighted by Crippen LogP contribution is 2.38. The van der Waals surface area contributed by atoms with E-state index in [0.29, 0.717) is 26.2 Å². The second-order valence-corrected chi connectivity index (χ2v) is 4.43. The van der Waals surface area contributed by atoms with Crippen molar-refractivity contribution >= 4 is 24.8 Å². The first-order valence-electron chi connectivity index (χ1n) is 6.04. The zero-order chi connectivity index (χ0) is 13.9. The van der Waals surface area contributed by atoms with Gasteiger partial charge in [0.2, 0.25) is 0 Å².